The van der Waals surface area contributed by atoms with Gasteiger partial charge in [-0.15, -0.1) is 0 Å². The number of hydrogen-bond acceptors (Lipinski definition) is 3. The molecule has 82 valence electrons. The number of hydrogen-bond donors (Lipinski definition) is 0. The lowest BCUT2D eigenvalue weighted by molar-refractivity contribution is -0.141. The number of nitrogens with zero attached hydrogens (tertiary/aromatic N) is 1. The molecule has 1 spiro atoms. The fourth-order valence-electron chi connectivity index (χ4n) is 2.54. The zero-order chi connectivity index (χ0) is 11.1. The molecular weight excluding hydrogens is 191 g/mol. The molecule has 0 saturated carbocycles. The summed E-state index contributed by atoms with van der Waals surface area (Å²) in [4.78, 5) is 0. The van der Waals surface area contributed by atoms with Crippen molar-refractivity contribution in [2.75, 3.05) is 13.2 Å². The van der Waals surface area contributed by atoms with Crippen LogP contribution in [0.3, 0.4) is 0 Å². The van der Waals surface area contributed by atoms with Crippen molar-refractivity contribution in [1.29, 1.82) is 5.26 Å². The molecule has 0 atom stereocenters. The second-order valence-electron chi connectivity index (χ2n) is 4.95. The molecule has 1 aliphatic heterocycles. The van der Waals surface area contributed by atoms with Crippen LogP contribution in [0.4, 0.5) is 0 Å². The van der Waals surface area contributed by atoms with Crippen molar-refractivity contribution in [3.05, 3.63) is 11.1 Å². The highest BCUT2D eigenvalue weighted by molar-refractivity contribution is 5.38. The average molecular weight is 208 g/mol. The molecule has 1 aliphatic carbocycles. The first-order valence-corrected chi connectivity index (χ1v) is 5.42. The van der Waals surface area contributed by atoms with Crippen LogP contribution in [0.5, 0.6) is 0 Å². The first-order valence-electron chi connectivity index (χ1n) is 5.42. The van der Waals surface area contributed by atoms with Crippen molar-refractivity contribution in [3.63, 3.8) is 0 Å². The van der Waals surface area contributed by atoms with Gasteiger partial charge in [0.05, 0.1) is 19.3 Å². The molecule has 3 heteroatoms. The molecule has 0 unspecified atom stereocenters. The lowest BCUT2D eigenvalue weighted by Gasteiger charge is -2.40. The Bertz CT molecular complexity index is 343. The van der Waals surface area contributed by atoms with Crippen LogP contribution in [0.15, 0.2) is 11.1 Å². The van der Waals surface area contributed by atoms with E-state index in [1.54, 1.807) is 0 Å². The van der Waals surface area contributed by atoms with Crippen LogP contribution in [0.2, 0.25) is 0 Å². The Balaban J connectivity index is 2.46. The molecule has 0 aromatic heterocycles. The topological polar surface area (TPSA) is 42.2 Å². The molecule has 2 aliphatic rings. The van der Waals surface area contributed by atoms with Crippen LogP contribution in [0.25, 0.3) is 0 Å². The summed E-state index contributed by atoms with van der Waals surface area (Å²) in [6.45, 7) is 7.45. The van der Waals surface area contributed by atoms with E-state index >= 15 is 0 Å². The van der Waals surface area contributed by atoms with Crippen molar-refractivity contribution in [2.24, 2.45) is 5.41 Å². The third kappa shape index (κ3) is 1.49. The van der Waals surface area contributed by atoms with Crippen molar-refractivity contribution in [3.8, 4) is 6.07 Å². The lowest BCUT2D eigenvalue weighted by atomic mass is 9.76. The fraction of sp³-hybridized carbons (Fsp3) is 0.750. The van der Waals surface area contributed by atoms with Gasteiger partial charge in [0, 0.05) is 17.4 Å². The van der Waals surface area contributed by atoms with E-state index in [4.69, 9.17) is 9.47 Å². The molecule has 0 N–H and O–H groups in total. The molecule has 15 heavy (non-hydrogen) atoms. The van der Waals surface area contributed by atoms with E-state index in [1.165, 1.54) is 0 Å². The Kier molecular flexibility index (Phi) is 2.37. The van der Waals surface area contributed by atoms with E-state index in [0.717, 1.165) is 24.0 Å². The minimum atomic E-state index is -0.583. The third-order valence-electron chi connectivity index (χ3n) is 3.57. The Hall–Kier alpha value is -0.850. The summed E-state index contributed by atoms with van der Waals surface area (Å²) in [7, 11) is 0. The van der Waals surface area contributed by atoms with Gasteiger partial charge in [0.25, 0.3) is 0 Å². The maximum Gasteiger partial charge on any atom is 0.191 e. The minimum Gasteiger partial charge on any atom is -0.344 e. The van der Waals surface area contributed by atoms with E-state index in [2.05, 4.69) is 19.9 Å². The third-order valence-corrected chi connectivity index (χ3v) is 3.57. The molecule has 1 fully saturated rings. The van der Waals surface area contributed by atoms with Crippen LogP contribution >= 0.6 is 0 Å². The van der Waals surface area contributed by atoms with Gasteiger partial charge in [-0.2, -0.15) is 5.26 Å². The van der Waals surface area contributed by atoms with Gasteiger partial charge in [0.15, 0.2) is 5.79 Å². The summed E-state index contributed by atoms with van der Waals surface area (Å²) in [5.74, 6) is -0.583. The number of nitriles is 1. The van der Waals surface area contributed by atoms with E-state index < -0.39 is 5.79 Å². The van der Waals surface area contributed by atoms with Gasteiger partial charge in [-0.1, -0.05) is 13.8 Å². The Morgan fingerprint density at radius 3 is 2.33 bits per heavy atom. The SMILES string of the molecule is CC1=C(C#N)C(C)(C)CC[13C]12OCCO2. The van der Waals surface area contributed by atoms with Crippen LogP contribution in [-0.4, -0.2) is 19.0 Å². The molecule has 0 bridgehead atoms. The van der Waals surface area contributed by atoms with Gasteiger partial charge >= 0.3 is 0 Å². The molecule has 2 rings (SSSR count). The van der Waals surface area contributed by atoms with Crippen molar-refractivity contribution in [1.82, 2.24) is 0 Å². The van der Waals surface area contributed by atoms with E-state index in [0.29, 0.717) is 13.2 Å². The Morgan fingerprint density at radius 2 is 1.80 bits per heavy atom. The monoisotopic (exact) mass is 208 g/mol. The van der Waals surface area contributed by atoms with Crippen molar-refractivity contribution < 1.29 is 9.47 Å². The second-order valence-corrected chi connectivity index (χ2v) is 4.95. The average Bonchev–Trinajstić information content (AvgIpc) is 2.63. The summed E-state index contributed by atoms with van der Waals surface area (Å²) in [6.07, 6.45) is 1.80. The fourth-order valence-corrected chi connectivity index (χ4v) is 2.54. The molecule has 1 heterocycles. The highest BCUT2D eigenvalue weighted by atomic mass is 16.8. The highest BCUT2D eigenvalue weighted by Crippen LogP contribution is 2.47. The quantitative estimate of drug-likeness (QED) is 0.574. The minimum absolute atomic E-state index is 0.0423. The summed E-state index contributed by atoms with van der Waals surface area (Å²) in [5, 5.41) is 9.22. The number of rotatable bonds is 0. The Morgan fingerprint density at radius 1 is 1.20 bits per heavy atom. The van der Waals surface area contributed by atoms with Gasteiger partial charge in [-0.05, 0) is 18.9 Å². The van der Waals surface area contributed by atoms with Crippen LogP contribution in [0, 0.1) is 16.7 Å². The van der Waals surface area contributed by atoms with Gasteiger partial charge in [0.1, 0.15) is 0 Å². The van der Waals surface area contributed by atoms with Gasteiger partial charge in [0.2, 0.25) is 0 Å². The Labute approximate surface area is 90.7 Å². The predicted molar refractivity (Wildman–Crippen MR) is 56.0 cm³/mol. The van der Waals surface area contributed by atoms with E-state index in [9.17, 15) is 5.26 Å². The van der Waals surface area contributed by atoms with Gasteiger partial charge in [-0.25, -0.2) is 0 Å². The smallest absolute Gasteiger partial charge is 0.191 e. The van der Waals surface area contributed by atoms with E-state index in [-0.39, 0.29) is 5.41 Å². The molecular formula is C12H17NO2. The first-order chi connectivity index (χ1) is 7.02. The van der Waals surface area contributed by atoms with Crippen molar-refractivity contribution in [2.45, 2.75) is 39.4 Å². The summed E-state index contributed by atoms with van der Waals surface area (Å²) in [6, 6.07) is 2.31. The maximum atomic E-state index is 9.22. The highest BCUT2D eigenvalue weighted by Gasteiger charge is 2.47. The van der Waals surface area contributed by atoms with E-state index in [1.807, 2.05) is 6.92 Å². The standard InChI is InChI=1S/C12H17NO2/c1-9-10(8-13)11(2,3)4-5-12(9)14-6-7-15-12/h4-7H2,1-3H3/i12+1. The molecule has 0 aromatic carbocycles. The van der Waals surface area contributed by atoms with Crippen LogP contribution in [0.1, 0.15) is 33.6 Å². The summed E-state index contributed by atoms with van der Waals surface area (Å²) in [5.41, 5.74) is 1.76. The largest absolute Gasteiger partial charge is 0.344 e. The molecule has 0 radical (unpaired) electrons. The summed E-state index contributed by atoms with van der Waals surface area (Å²) >= 11 is 0. The lowest BCUT2D eigenvalue weighted by Crippen LogP contribution is -2.39. The van der Waals surface area contributed by atoms with Gasteiger partial charge in [-0.3, -0.25) is 0 Å². The van der Waals surface area contributed by atoms with Crippen LogP contribution < -0.4 is 0 Å². The predicted octanol–water partition coefficient (Wildman–Crippen LogP) is 2.39. The number of allylic oxidation sites excluding steroid dienone is 1. The molecule has 1 saturated heterocycles. The van der Waals surface area contributed by atoms with Gasteiger partial charge < -0.3 is 9.47 Å². The zero-order valence-electron chi connectivity index (χ0n) is 9.59. The maximum absolute atomic E-state index is 9.22. The second kappa shape index (κ2) is 3.33. The molecule has 3 nitrogen and oxygen atoms in total. The number of ether oxygens (including phenoxy) is 2. The normalized spacial score (nSPS) is 28.1. The molecule has 0 amide bonds. The van der Waals surface area contributed by atoms with Crippen LogP contribution in [-0.2, 0) is 9.47 Å². The zero-order valence-corrected chi connectivity index (χ0v) is 9.59. The first kappa shape index (κ1) is 10.7. The summed E-state index contributed by atoms with van der Waals surface area (Å²) < 4.78 is 11.4. The molecule has 0 aromatic rings. The van der Waals surface area contributed by atoms with Crippen molar-refractivity contribution >= 4 is 0 Å².